The lowest BCUT2D eigenvalue weighted by Gasteiger charge is -2.05. The van der Waals surface area contributed by atoms with Crippen molar-refractivity contribution in [1.82, 2.24) is 19.6 Å². The highest BCUT2D eigenvalue weighted by molar-refractivity contribution is 7.13. The molecule has 24 heavy (non-hydrogen) atoms. The molecule has 0 aliphatic heterocycles. The fourth-order valence-electron chi connectivity index (χ4n) is 2.36. The van der Waals surface area contributed by atoms with Crippen molar-refractivity contribution >= 4 is 28.1 Å². The Balaban J connectivity index is 1.73. The zero-order chi connectivity index (χ0) is 16.5. The van der Waals surface area contributed by atoms with Gasteiger partial charge in [-0.15, -0.1) is 16.4 Å². The summed E-state index contributed by atoms with van der Waals surface area (Å²) in [7, 11) is 1.64. The SMILES string of the molecule is COc1ccc(-c2cccc3nc(Nc4nc(O)cs4)nn23)cc1. The van der Waals surface area contributed by atoms with Crippen LogP contribution in [0.3, 0.4) is 0 Å². The topological polar surface area (TPSA) is 84.6 Å². The highest BCUT2D eigenvalue weighted by Crippen LogP contribution is 2.25. The van der Waals surface area contributed by atoms with E-state index in [1.165, 1.54) is 11.3 Å². The molecular weight excluding hydrogens is 326 g/mol. The summed E-state index contributed by atoms with van der Waals surface area (Å²) in [5, 5.41) is 18.9. The van der Waals surface area contributed by atoms with Crippen molar-refractivity contribution in [2.75, 3.05) is 12.4 Å². The third kappa shape index (κ3) is 2.63. The predicted molar refractivity (Wildman–Crippen MR) is 92.0 cm³/mol. The van der Waals surface area contributed by atoms with Gasteiger partial charge in [-0.25, -0.2) is 4.52 Å². The second-order valence-corrected chi connectivity index (χ2v) is 5.84. The normalized spacial score (nSPS) is 10.9. The van der Waals surface area contributed by atoms with Gasteiger partial charge in [0.05, 0.1) is 18.2 Å². The third-order valence-electron chi connectivity index (χ3n) is 3.46. The smallest absolute Gasteiger partial charge is 0.249 e. The van der Waals surface area contributed by atoms with Gasteiger partial charge in [0.2, 0.25) is 11.8 Å². The van der Waals surface area contributed by atoms with Crippen LogP contribution in [-0.4, -0.2) is 31.8 Å². The molecule has 4 aromatic rings. The van der Waals surface area contributed by atoms with Gasteiger partial charge in [0.1, 0.15) is 5.75 Å². The molecule has 0 amide bonds. The first-order valence-electron chi connectivity index (χ1n) is 7.15. The molecule has 7 nitrogen and oxygen atoms in total. The number of pyridine rings is 1. The van der Waals surface area contributed by atoms with E-state index in [9.17, 15) is 5.11 Å². The minimum Gasteiger partial charge on any atom is -0.497 e. The van der Waals surface area contributed by atoms with Crippen molar-refractivity contribution in [2.45, 2.75) is 0 Å². The summed E-state index contributed by atoms with van der Waals surface area (Å²) in [6, 6.07) is 13.5. The Morgan fingerprint density at radius 1 is 1.12 bits per heavy atom. The Labute approximate surface area is 141 Å². The van der Waals surface area contributed by atoms with Gasteiger partial charge < -0.3 is 9.84 Å². The quantitative estimate of drug-likeness (QED) is 0.593. The van der Waals surface area contributed by atoms with Crippen molar-refractivity contribution in [3.63, 3.8) is 0 Å². The highest BCUT2D eigenvalue weighted by atomic mass is 32.1. The maximum absolute atomic E-state index is 9.31. The van der Waals surface area contributed by atoms with Gasteiger partial charge in [-0.1, -0.05) is 6.07 Å². The Hall–Kier alpha value is -3.13. The Kier molecular flexibility index (Phi) is 3.51. The number of hydrogen-bond donors (Lipinski definition) is 2. The number of fused-ring (bicyclic) bond motifs is 1. The molecule has 0 radical (unpaired) electrons. The Morgan fingerprint density at radius 3 is 2.67 bits per heavy atom. The summed E-state index contributed by atoms with van der Waals surface area (Å²) in [5.74, 6) is 1.20. The van der Waals surface area contributed by atoms with Gasteiger partial charge in [0, 0.05) is 5.56 Å². The summed E-state index contributed by atoms with van der Waals surface area (Å²) in [6.45, 7) is 0. The number of anilines is 2. The van der Waals surface area contributed by atoms with Crippen LogP contribution in [0.1, 0.15) is 0 Å². The highest BCUT2D eigenvalue weighted by Gasteiger charge is 2.10. The number of rotatable bonds is 4. The molecule has 0 aliphatic rings. The number of hydrogen-bond acceptors (Lipinski definition) is 7. The van der Waals surface area contributed by atoms with E-state index in [2.05, 4.69) is 20.4 Å². The van der Waals surface area contributed by atoms with E-state index in [0.717, 1.165) is 17.0 Å². The van der Waals surface area contributed by atoms with Crippen molar-refractivity contribution < 1.29 is 9.84 Å². The number of benzene rings is 1. The number of nitrogens with one attached hydrogen (secondary N) is 1. The van der Waals surface area contributed by atoms with Gasteiger partial charge >= 0.3 is 0 Å². The Bertz CT molecular complexity index is 993. The van der Waals surface area contributed by atoms with Crippen LogP contribution in [0.25, 0.3) is 16.9 Å². The fraction of sp³-hybridized carbons (Fsp3) is 0.0625. The lowest BCUT2D eigenvalue weighted by Crippen LogP contribution is -1.95. The van der Waals surface area contributed by atoms with Gasteiger partial charge in [0.25, 0.3) is 0 Å². The first kappa shape index (κ1) is 14.5. The fourth-order valence-corrected chi connectivity index (χ4v) is 2.92. The molecular formula is C16H13N5O2S. The minimum atomic E-state index is -0.0230. The first-order valence-corrected chi connectivity index (χ1v) is 8.02. The maximum atomic E-state index is 9.31. The molecule has 4 rings (SSSR count). The van der Waals surface area contributed by atoms with Crippen LogP contribution < -0.4 is 10.1 Å². The van der Waals surface area contributed by atoms with E-state index in [4.69, 9.17) is 4.74 Å². The van der Waals surface area contributed by atoms with Crippen LogP contribution in [0, 0.1) is 0 Å². The molecule has 0 bridgehead atoms. The molecule has 0 aliphatic carbocycles. The molecule has 0 fully saturated rings. The van der Waals surface area contributed by atoms with Gasteiger partial charge in [0.15, 0.2) is 10.8 Å². The predicted octanol–water partition coefficient (Wildman–Crippen LogP) is 3.31. The van der Waals surface area contributed by atoms with E-state index in [0.29, 0.717) is 16.7 Å². The van der Waals surface area contributed by atoms with E-state index in [-0.39, 0.29) is 5.88 Å². The van der Waals surface area contributed by atoms with E-state index >= 15 is 0 Å². The minimum absolute atomic E-state index is 0.0230. The second kappa shape index (κ2) is 5.82. The van der Waals surface area contributed by atoms with Crippen molar-refractivity contribution in [3.8, 4) is 22.9 Å². The number of thiazole rings is 1. The van der Waals surface area contributed by atoms with Crippen LogP contribution >= 0.6 is 11.3 Å². The van der Waals surface area contributed by atoms with E-state index < -0.39 is 0 Å². The molecule has 8 heteroatoms. The monoisotopic (exact) mass is 339 g/mol. The van der Waals surface area contributed by atoms with Crippen LogP contribution in [0.5, 0.6) is 11.6 Å². The van der Waals surface area contributed by atoms with E-state index in [1.807, 2.05) is 42.5 Å². The first-order chi connectivity index (χ1) is 11.7. The lowest BCUT2D eigenvalue weighted by molar-refractivity contribution is 0.415. The molecule has 0 saturated heterocycles. The van der Waals surface area contributed by atoms with E-state index in [1.54, 1.807) is 17.0 Å². The largest absolute Gasteiger partial charge is 0.497 e. The van der Waals surface area contributed by atoms with Crippen molar-refractivity contribution in [3.05, 3.63) is 47.8 Å². The molecule has 0 spiro atoms. The Morgan fingerprint density at radius 2 is 1.96 bits per heavy atom. The molecule has 0 unspecified atom stereocenters. The molecule has 3 aromatic heterocycles. The molecule has 0 saturated carbocycles. The van der Waals surface area contributed by atoms with Crippen molar-refractivity contribution in [1.29, 1.82) is 0 Å². The van der Waals surface area contributed by atoms with Crippen LogP contribution in [0.2, 0.25) is 0 Å². The maximum Gasteiger partial charge on any atom is 0.249 e. The zero-order valence-corrected chi connectivity index (χ0v) is 13.5. The molecule has 0 atom stereocenters. The van der Waals surface area contributed by atoms with Crippen LogP contribution in [0.4, 0.5) is 11.1 Å². The summed E-state index contributed by atoms with van der Waals surface area (Å²) in [5.41, 5.74) is 2.63. The second-order valence-electron chi connectivity index (χ2n) is 4.98. The van der Waals surface area contributed by atoms with Gasteiger partial charge in [-0.05, 0) is 36.4 Å². The number of nitrogens with zero attached hydrogens (tertiary/aromatic N) is 4. The molecule has 3 heterocycles. The number of aromatic nitrogens is 4. The summed E-state index contributed by atoms with van der Waals surface area (Å²) >= 11 is 1.28. The van der Waals surface area contributed by atoms with Crippen molar-refractivity contribution in [2.24, 2.45) is 0 Å². The number of aromatic hydroxyl groups is 1. The zero-order valence-electron chi connectivity index (χ0n) is 12.7. The molecule has 120 valence electrons. The molecule has 1 aromatic carbocycles. The average Bonchev–Trinajstić information content (AvgIpc) is 3.20. The van der Waals surface area contributed by atoms with Crippen LogP contribution in [0.15, 0.2) is 47.8 Å². The lowest BCUT2D eigenvalue weighted by atomic mass is 10.1. The summed E-state index contributed by atoms with van der Waals surface area (Å²) in [6.07, 6.45) is 0. The third-order valence-corrected chi connectivity index (χ3v) is 4.20. The summed E-state index contributed by atoms with van der Waals surface area (Å²) < 4.78 is 6.96. The van der Waals surface area contributed by atoms with Crippen LogP contribution in [-0.2, 0) is 0 Å². The number of methoxy groups -OCH3 is 1. The standard InChI is InChI=1S/C16H13N5O2S/c1-23-11-7-5-10(6-8-11)12-3-2-4-13-17-15(20-21(12)13)19-16-18-14(22)9-24-16/h2-9,22H,1H3,(H,18,19,20). The van der Waals surface area contributed by atoms with Gasteiger partial charge in [-0.2, -0.15) is 9.97 Å². The summed E-state index contributed by atoms with van der Waals surface area (Å²) in [4.78, 5) is 8.37. The average molecular weight is 339 g/mol. The molecule has 2 N–H and O–H groups in total. The number of ether oxygens (including phenoxy) is 1. The van der Waals surface area contributed by atoms with Gasteiger partial charge in [-0.3, -0.25) is 5.32 Å².